The number of nitrogens with one attached hydrogen (secondary N) is 1. The first-order chi connectivity index (χ1) is 14.7. The lowest BCUT2D eigenvalue weighted by Crippen LogP contribution is -2.49. The summed E-state index contributed by atoms with van der Waals surface area (Å²) < 4.78 is 57.7. The Hall–Kier alpha value is -2.36. The van der Waals surface area contributed by atoms with E-state index in [2.05, 4.69) is 5.32 Å². The lowest BCUT2D eigenvalue weighted by molar-refractivity contribution is -0.183. The standard InChI is InChI=1S/C21H27F4N3O3/c1-31-17-10-15(9-16(22)11-17)20(30)26-12-14-4-7-27(8-5-14)13-19(29)28-6-2-3-18(28)21(23,24)25/h9-11,14,18H,2-8,12-13H2,1H3,(H,26,30)/t18-/m0/s1. The number of halogens is 4. The maximum absolute atomic E-state index is 13.6. The van der Waals surface area contributed by atoms with Crippen molar-refractivity contribution in [1.29, 1.82) is 0 Å². The van der Waals surface area contributed by atoms with E-state index in [4.69, 9.17) is 4.74 Å². The summed E-state index contributed by atoms with van der Waals surface area (Å²) in [6.07, 6.45) is -2.63. The Kier molecular flexibility index (Phi) is 7.40. The monoisotopic (exact) mass is 445 g/mol. The molecule has 0 aliphatic carbocycles. The van der Waals surface area contributed by atoms with E-state index in [-0.39, 0.29) is 36.7 Å². The van der Waals surface area contributed by atoms with Crippen molar-refractivity contribution in [2.24, 2.45) is 5.92 Å². The van der Waals surface area contributed by atoms with Gasteiger partial charge in [-0.1, -0.05) is 0 Å². The molecule has 1 aromatic rings. The van der Waals surface area contributed by atoms with Crippen LogP contribution in [0.4, 0.5) is 17.6 Å². The zero-order valence-electron chi connectivity index (χ0n) is 17.4. The second-order valence-electron chi connectivity index (χ2n) is 8.10. The number of hydrogen-bond donors (Lipinski definition) is 1. The molecule has 1 aromatic carbocycles. The van der Waals surface area contributed by atoms with Crippen molar-refractivity contribution in [2.45, 2.75) is 37.9 Å². The van der Waals surface area contributed by atoms with Crippen LogP contribution >= 0.6 is 0 Å². The van der Waals surface area contributed by atoms with E-state index >= 15 is 0 Å². The first-order valence-electron chi connectivity index (χ1n) is 10.4. The lowest BCUT2D eigenvalue weighted by Gasteiger charge is -2.34. The molecule has 31 heavy (non-hydrogen) atoms. The SMILES string of the molecule is COc1cc(F)cc(C(=O)NCC2CCN(CC(=O)N3CCC[C@H]3C(F)(F)F)CC2)c1. The Morgan fingerprint density at radius 3 is 2.48 bits per heavy atom. The second kappa shape index (κ2) is 9.84. The maximum Gasteiger partial charge on any atom is 0.408 e. The van der Waals surface area contributed by atoms with Crippen molar-refractivity contribution >= 4 is 11.8 Å². The summed E-state index contributed by atoms with van der Waals surface area (Å²) in [5.74, 6) is -1.00. The highest BCUT2D eigenvalue weighted by molar-refractivity contribution is 5.94. The van der Waals surface area contributed by atoms with Gasteiger partial charge in [0.1, 0.15) is 17.6 Å². The fourth-order valence-corrected chi connectivity index (χ4v) is 4.19. The summed E-state index contributed by atoms with van der Waals surface area (Å²) in [7, 11) is 1.39. The molecule has 0 aromatic heterocycles. The third-order valence-electron chi connectivity index (χ3n) is 5.94. The van der Waals surface area contributed by atoms with Gasteiger partial charge in [0.2, 0.25) is 5.91 Å². The Morgan fingerprint density at radius 1 is 1.13 bits per heavy atom. The first-order valence-corrected chi connectivity index (χ1v) is 10.4. The van der Waals surface area contributed by atoms with E-state index < -0.39 is 29.8 Å². The Balaban J connectivity index is 1.43. The number of methoxy groups -OCH3 is 1. The molecule has 2 amide bonds. The zero-order valence-corrected chi connectivity index (χ0v) is 17.4. The molecule has 0 spiro atoms. The molecule has 2 aliphatic heterocycles. The maximum atomic E-state index is 13.6. The predicted octanol–water partition coefficient (Wildman–Crippen LogP) is 2.83. The van der Waals surface area contributed by atoms with Gasteiger partial charge in [-0.3, -0.25) is 14.5 Å². The van der Waals surface area contributed by atoms with Crippen molar-refractivity contribution in [3.05, 3.63) is 29.6 Å². The normalized spacial score (nSPS) is 20.7. The molecule has 0 bridgehead atoms. The molecule has 2 fully saturated rings. The molecular formula is C21H27F4N3O3. The second-order valence-corrected chi connectivity index (χ2v) is 8.10. The van der Waals surface area contributed by atoms with Crippen LogP contribution in [0.3, 0.4) is 0 Å². The highest BCUT2D eigenvalue weighted by Gasteiger charge is 2.47. The zero-order chi connectivity index (χ0) is 22.6. The fraction of sp³-hybridized carbons (Fsp3) is 0.619. The summed E-state index contributed by atoms with van der Waals surface area (Å²) in [4.78, 5) is 27.5. The summed E-state index contributed by atoms with van der Waals surface area (Å²) in [6.45, 7) is 1.68. The highest BCUT2D eigenvalue weighted by atomic mass is 19.4. The molecule has 2 saturated heterocycles. The molecule has 2 heterocycles. The molecule has 6 nitrogen and oxygen atoms in total. The van der Waals surface area contributed by atoms with Crippen molar-refractivity contribution in [1.82, 2.24) is 15.1 Å². The van der Waals surface area contributed by atoms with Gasteiger partial charge < -0.3 is 15.0 Å². The molecule has 3 rings (SSSR count). The summed E-state index contributed by atoms with van der Waals surface area (Å²) in [6, 6.07) is 2.11. The van der Waals surface area contributed by atoms with Crippen LogP contribution in [-0.4, -0.2) is 73.7 Å². The Bertz CT molecular complexity index is 795. The van der Waals surface area contributed by atoms with Gasteiger partial charge in [-0.15, -0.1) is 0 Å². The van der Waals surface area contributed by atoms with E-state index in [9.17, 15) is 27.2 Å². The number of piperidine rings is 1. The third kappa shape index (κ3) is 6.09. The molecule has 10 heteroatoms. The molecular weight excluding hydrogens is 418 g/mol. The van der Waals surface area contributed by atoms with Gasteiger partial charge in [-0.05, 0) is 56.8 Å². The van der Waals surface area contributed by atoms with Gasteiger partial charge in [-0.2, -0.15) is 13.2 Å². The number of hydrogen-bond acceptors (Lipinski definition) is 4. The van der Waals surface area contributed by atoms with E-state index in [0.717, 1.165) is 11.0 Å². The Morgan fingerprint density at radius 2 is 1.84 bits per heavy atom. The number of rotatable bonds is 6. The van der Waals surface area contributed by atoms with Gasteiger partial charge in [0, 0.05) is 24.7 Å². The topological polar surface area (TPSA) is 61.9 Å². The molecule has 0 unspecified atom stereocenters. The number of carbonyl (C=O) groups excluding carboxylic acids is 2. The van der Waals surface area contributed by atoms with Gasteiger partial charge in [0.05, 0.1) is 13.7 Å². The minimum atomic E-state index is -4.39. The van der Waals surface area contributed by atoms with E-state index in [1.165, 1.54) is 19.2 Å². The van der Waals surface area contributed by atoms with Gasteiger partial charge in [0.25, 0.3) is 5.91 Å². The van der Waals surface area contributed by atoms with E-state index in [1.54, 1.807) is 0 Å². The van der Waals surface area contributed by atoms with E-state index in [1.807, 2.05) is 4.90 Å². The average Bonchev–Trinajstić information content (AvgIpc) is 3.23. The van der Waals surface area contributed by atoms with Gasteiger partial charge in [0.15, 0.2) is 0 Å². The fourth-order valence-electron chi connectivity index (χ4n) is 4.19. The van der Waals surface area contributed by atoms with Crippen LogP contribution in [0.15, 0.2) is 18.2 Å². The Labute approximate surface area is 178 Å². The number of alkyl halides is 3. The van der Waals surface area contributed by atoms with Crippen LogP contribution in [0.2, 0.25) is 0 Å². The van der Waals surface area contributed by atoms with Gasteiger partial charge >= 0.3 is 6.18 Å². The van der Waals surface area contributed by atoms with Crippen LogP contribution in [-0.2, 0) is 4.79 Å². The molecule has 1 N–H and O–H groups in total. The van der Waals surface area contributed by atoms with Crippen molar-refractivity contribution in [3.63, 3.8) is 0 Å². The molecule has 0 saturated carbocycles. The van der Waals surface area contributed by atoms with Crippen LogP contribution in [0.25, 0.3) is 0 Å². The highest BCUT2D eigenvalue weighted by Crippen LogP contribution is 2.32. The van der Waals surface area contributed by atoms with Crippen molar-refractivity contribution < 1.29 is 31.9 Å². The molecule has 172 valence electrons. The number of amides is 2. The summed E-state index contributed by atoms with van der Waals surface area (Å²) >= 11 is 0. The first kappa shape index (κ1) is 23.3. The van der Waals surface area contributed by atoms with Gasteiger partial charge in [-0.25, -0.2) is 4.39 Å². The lowest BCUT2D eigenvalue weighted by atomic mass is 9.96. The van der Waals surface area contributed by atoms with Crippen molar-refractivity contribution in [2.75, 3.05) is 39.8 Å². The summed E-state index contributed by atoms with van der Waals surface area (Å²) in [5.41, 5.74) is 0.171. The number of benzene rings is 1. The minimum absolute atomic E-state index is 0.0191. The average molecular weight is 445 g/mol. The summed E-state index contributed by atoms with van der Waals surface area (Å²) in [5, 5.41) is 2.79. The van der Waals surface area contributed by atoms with Crippen LogP contribution < -0.4 is 10.1 Å². The molecule has 0 radical (unpaired) electrons. The largest absolute Gasteiger partial charge is 0.497 e. The molecule has 2 aliphatic rings. The number of likely N-dealkylation sites (tertiary alicyclic amines) is 2. The number of nitrogens with zero attached hydrogens (tertiary/aromatic N) is 2. The quantitative estimate of drug-likeness (QED) is 0.685. The van der Waals surface area contributed by atoms with Crippen LogP contribution in [0, 0.1) is 11.7 Å². The third-order valence-corrected chi connectivity index (χ3v) is 5.94. The number of ether oxygens (including phenoxy) is 1. The van der Waals surface area contributed by atoms with E-state index in [0.29, 0.717) is 38.9 Å². The van der Waals surface area contributed by atoms with Crippen LogP contribution in [0.1, 0.15) is 36.0 Å². The predicted molar refractivity (Wildman–Crippen MR) is 105 cm³/mol. The van der Waals surface area contributed by atoms with Crippen LogP contribution in [0.5, 0.6) is 5.75 Å². The smallest absolute Gasteiger partial charge is 0.408 e. The van der Waals surface area contributed by atoms with Crippen molar-refractivity contribution in [3.8, 4) is 5.75 Å². The minimum Gasteiger partial charge on any atom is -0.497 e. The number of carbonyl (C=O) groups is 2. The molecule has 1 atom stereocenters.